The summed E-state index contributed by atoms with van der Waals surface area (Å²) >= 11 is 1.54. The normalized spacial score (nSPS) is 11.5. The minimum absolute atomic E-state index is 0.193. The Morgan fingerprint density at radius 1 is 1.45 bits per heavy atom. The second-order valence-corrected chi connectivity index (χ2v) is 5.48. The summed E-state index contributed by atoms with van der Waals surface area (Å²) in [5, 5.41) is 0. The summed E-state index contributed by atoms with van der Waals surface area (Å²) < 4.78 is 21.2. The average molecular weight is 196 g/mol. The molecule has 0 aliphatic heterocycles. The third-order valence-electron chi connectivity index (χ3n) is 1.01. The Kier molecular flexibility index (Phi) is 4.76. The van der Waals surface area contributed by atoms with Gasteiger partial charge in [-0.15, -0.1) is 0 Å². The monoisotopic (exact) mass is 196 g/mol. The van der Waals surface area contributed by atoms with Gasteiger partial charge in [0.2, 0.25) is 0 Å². The fourth-order valence-corrected chi connectivity index (χ4v) is 1.74. The van der Waals surface area contributed by atoms with Crippen LogP contribution in [-0.2, 0) is 14.6 Å². The van der Waals surface area contributed by atoms with Gasteiger partial charge >= 0.3 is 0 Å². The number of thioether (sulfide) groups is 1. The van der Waals surface area contributed by atoms with E-state index in [2.05, 4.69) is 0 Å². The standard InChI is InChI=1S/C6H12O3S2/c1-10-4-3-6(7)5-11(2,8)9/h3-5H2,1-2H3. The van der Waals surface area contributed by atoms with Crippen LogP contribution in [0.1, 0.15) is 6.42 Å². The number of ketones is 1. The summed E-state index contributed by atoms with van der Waals surface area (Å²) in [5.74, 6) is 0.198. The van der Waals surface area contributed by atoms with E-state index < -0.39 is 9.84 Å². The van der Waals surface area contributed by atoms with Crippen molar-refractivity contribution < 1.29 is 13.2 Å². The van der Waals surface area contributed by atoms with Gasteiger partial charge in [-0.3, -0.25) is 4.79 Å². The third-order valence-corrected chi connectivity index (χ3v) is 2.47. The van der Waals surface area contributed by atoms with Crippen molar-refractivity contribution in [3.05, 3.63) is 0 Å². The molecule has 0 bridgehead atoms. The number of hydrogen-bond donors (Lipinski definition) is 0. The molecule has 66 valence electrons. The lowest BCUT2D eigenvalue weighted by atomic mass is 10.3. The van der Waals surface area contributed by atoms with Gasteiger partial charge in [0, 0.05) is 12.7 Å². The van der Waals surface area contributed by atoms with Crippen molar-refractivity contribution in [2.75, 3.05) is 24.0 Å². The molecule has 0 radical (unpaired) electrons. The molecular formula is C6H12O3S2. The van der Waals surface area contributed by atoms with Gasteiger partial charge in [-0.05, 0) is 12.0 Å². The first-order chi connectivity index (χ1) is 4.95. The maximum atomic E-state index is 10.8. The fraction of sp³-hybridized carbons (Fsp3) is 0.833. The molecule has 0 saturated carbocycles. The molecule has 0 saturated heterocycles. The largest absolute Gasteiger partial charge is 0.299 e. The summed E-state index contributed by atoms with van der Waals surface area (Å²) in [5.41, 5.74) is 0. The Labute approximate surface area is 71.5 Å². The summed E-state index contributed by atoms with van der Waals surface area (Å²) in [6.45, 7) is 0. The van der Waals surface area contributed by atoms with Crippen molar-refractivity contribution >= 4 is 27.4 Å². The van der Waals surface area contributed by atoms with E-state index in [1.165, 1.54) is 0 Å². The molecule has 0 heterocycles. The Morgan fingerprint density at radius 2 is 2.00 bits per heavy atom. The first-order valence-electron chi connectivity index (χ1n) is 3.14. The van der Waals surface area contributed by atoms with Crippen molar-refractivity contribution in [2.24, 2.45) is 0 Å². The molecule has 0 rings (SSSR count). The highest BCUT2D eigenvalue weighted by atomic mass is 32.2. The molecule has 0 aromatic carbocycles. The molecule has 0 N–H and O–H groups in total. The lowest BCUT2D eigenvalue weighted by molar-refractivity contribution is -0.116. The number of Topliss-reactive ketones (excluding diaryl/α,β-unsaturated/α-hetero) is 1. The van der Waals surface area contributed by atoms with Crippen molar-refractivity contribution in [3.8, 4) is 0 Å². The maximum absolute atomic E-state index is 10.8. The van der Waals surface area contributed by atoms with E-state index in [0.29, 0.717) is 12.2 Å². The SMILES string of the molecule is CSCCC(=O)CS(C)(=O)=O. The van der Waals surface area contributed by atoms with Crippen LogP contribution < -0.4 is 0 Å². The van der Waals surface area contributed by atoms with Crippen LogP contribution in [0.5, 0.6) is 0 Å². The van der Waals surface area contributed by atoms with Crippen LogP contribution in [0.3, 0.4) is 0 Å². The van der Waals surface area contributed by atoms with Gasteiger partial charge < -0.3 is 0 Å². The van der Waals surface area contributed by atoms with Gasteiger partial charge in [-0.25, -0.2) is 8.42 Å². The number of sulfone groups is 1. The zero-order chi connectivity index (χ0) is 8.91. The minimum atomic E-state index is -3.11. The Morgan fingerprint density at radius 3 is 2.36 bits per heavy atom. The molecular weight excluding hydrogens is 184 g/mol. The van der Waals surface area contributed by atoms with Crippen molar-refractivity contribution in [3.63, 3.8) is 0 Å². The van der Waals surface area contributed by atoms with Crippen molar-refractivity contribution in [2.45, 2.75) is 6.42 Å². The van der Waals surface area contributed by atoms with Crippen LogP contribution in [0.2, 0.25) is 0 Å². The lowest BCUT2D eigenvalue weighted by Gasteiger charge is -1.96. The molecule has 0 aromatic rings. The van der Waals surface area contributed by atoms with Gasteiger partial charge in [-0.2, -0.15) is 11.8 Å². The summed E-state index contributed by atoms with van der Waals surface area (Å²) in [7, 11) is -3.11. The molecule has 0 fully saturated rings. The van der Waals surface area contributed by atoms with E-state index >= 15 is 0 Å². The lowest BCUT2D eigenvalue weighted by Crippen LogP contribution is -2.14. The number of rotatable bonds is 5. The zero-order valence-corrected chi connectivity index (χ0v) is 8.30. The Hall–Kier alpha value is -0.0300. The first kappa shape index (κ1) is 11.0. The van der Waals surface area contributed by atoms with E-state index in [0.717, 1.165) is 6.26 Å². The minimum Gasteiger partial charge on any atom is -0.299 e. The number of carbonyl (C=O) groups excluding carboxylic acids is 1. The average Bonchev–Trinajstić information content (AvgIpc) is 1.79. The molecule has 0 aliphatic carbocycles. The van der Waals surface area contributed by atoms with Gasteiger partial charge in [0.15, 0.2) is 9.84 Å². The fourth-order valence-electron chi connectivity index (χ4n) is 0.580. The van der Waals surface area contributed by atoms with Crippen LogP contribution in [0, 0.1) is 0 Å². The van der Waals surface area contributed by atoms with E-state index in [4.69, 9.17) is 0 Å². The molecule has 11 heavy (non-hydrogen) atoms. The smallest absolute Gasteiger partial charge is 0.154 e. The number of hydrogen-bond acceptors (Lipinski definition) is 4. The van der Waals surface area contributed by atoms with Crippen molar-refractivity contribution in [1.29, 1.82) is 0 Å². The predicted octanol–water partition coefficient (Wildman–Crippen LogP) is 0.353. The van der Waals surface area contributed by atoms with E-state index in [1.54, 1.807) is 11.8 Å². The quantitative estimate of drug-likeness (QED) is 0.637. The van der Waals surface area contributed by atoms with Gasteiger partial charge in [-0.1, -0.05) is 0 Å². The molecule has 0 aliphatic rings. The highest BCUT2D eigenvalue weighted by Gasteiger charge is 2.09. The van der Waals surface area contributed by atoms with Crippen LogP contribution >= 0.6 is 11.8 Å². The first-order valence-corrected chi connectivity index (χ1v) is 6.59. The van der Waals surface area contributed by atoms with Gasteiger partial charge in [0.1, 0.15) is 11.5 Å². The van der Waals surface area contributed by atoms with Gasteiger partial charge in [0.05, 0.1) is 0 Å². The van der Waals surface area contributed by atoms with E-state index in [-0.39, 0.29) is 11.5 Å². The molecule has 0 aromatic heterocycles. The van der Waals surface area contributed by atoms with Crippen LogP contribution in [0.15, 0.2) is 0 Å². The molecule has 0 unspecified atom stereocenters. The summed E-state index contributed by atoms with van der Waals surface area (Å²) in [6, 6.07) is 0. The molecule has 5 heteroatoms. The Bertz CT molecular complexity index is 218. The molecule has 3 nitrogen and oxygen atoms in total. The van der Waals surface area contributed by atoms with Crippen LogP contribution in [0.25, 0.3) is 0 Å². The topological polar surface area (TPSA) is 51.2 Å². The predicted molar refractivity (Wildman–Crippen MR) is 47.7 cm³/mol. The second kappa shape index (κ2) is 4.77. The van der Waals surface area contributed by atoms with Crippen LogP contribution in [-0.4, -0.2) is 38.2 Å². The highest BCUT2D eigenvalue weighted by Crippen LogP contribution is 1.97. The van der Waals surface area contributed by atoms with Crippen LogP contribution in [0.4, 0.5) is 0 Å². The number of carbonyl (C=O) groups is 1. The van der Waals surface area contributed by atoms with Gasteiger partial charge in [0.25, 0.3) is 0 Å². The Balaban J connectivity index is 3.71. The molecule has 0 spiro atoms. The third kappa shape index (κ3) is 7.87. The maximum Gasteiger partial charge on any atom is 0.154 e. The molecule has 0 amide bonds. The van der Waals surface area contributed by atoms with E-state index in [9.17, 15) is 13.2 Å². The van der Waals surface area contributed by atoms with E-state index in [1.807, 2.05) is 6.26 Å². The summed E-state index contributed by atoms with van der Waals surface area (Å²) in [6.07, 6.45) is 3.31. The second-order valence-electron chi connectivity index (χ2n) is 2.35. The zero-order valence-electron chi connectivity index (χ0n) is 6.66. The molecule has 0 atom stereocenters. The summed E-state index contributed by atoms with van der Waals surface area (Å²) in [4.78, 5) is 10.8. The van der Waals surface area contributed by atoms with Crippen molar-refractivity contribution in [1.82, 2.24) is 0 Å². The highest BCUT2D eigenvalue weighted by molar-refractivity contribution is 7.98.